The lowest BCUT2D eigenvalue weighted by atomic mass is 10.1. The summed E-state index contributed by atoms with van der Waals surface area (Å²) in [6, 6.07) is 4.51. The number of methoxy groups -OCH3 is 1. The summed E-state index contributed by atoms with van der Waals surface area (Å²) in [5, 5.41) is 4.07. The summed E-state index contributed by atoms with van der Waals surface area (Å²) in [4.78, 5) is 2.41. The molecule has 1 N–H and O–H groups in total. The van der Waals surface area contributed by atoms with Gasteiger partial charge < -0.3 is 15.0 Å². The van der Waals surface area contributed by atoms with E-state index in [0.29, 0.717) is 11.1 Å². The van der Waals surface area contributed by atoms with Crippen LogP contribution in [0.15, 0.2) is 12.1 Å². The maximum Gasteiger partial charge on any atom is 0.139 e. The molecule has 1 fully saturated rings. The van der Waals surface area contributed by atoms with Crippen LogP contribution in [0.2, 0.25) is 5.02 Å². The van der Waals surface area contributed by atoms with Gasteiger partial charge in [-0.25, -0.2) is 0 Å². The maximum absolute atomic E-state index is 6.12. The minimum absolute atomic E-state index is 0.494. The molecule has 94 valence electrons. The number of piperazine rings is 1. The van der Waals surface area contributed by atoms with E-state index in [1.165, 1.54) is 11.3 Å². The molecule has 1 aromatic carbocycles. The van der Waals surface area contributed by atoms with Gasteiger partial charge in [0.1, 0.15) is 5.75 Å². The molecule has 1 aromatic rings. The molecule has 0 bridgehead atoms. The lowest BCUT2D eigenvalue weighted by molar-refractivity contribution is 0.414. The number of nitrogens with one attached hydrogen (secondary N) is 1. The summed E-state index contributed by atoms with van der Waals surface area (Å²) in [5.41, 5.74) is 2.42. The second-order valence-corrected chi connectivity index (χ2v) is 4.93. The fourth-order valence-electron chi connectivity index (χ4n) is 2.31. The highest BCUT2D eigenvalue weighted by Crippen LogP contribution is 2.33. The van der Waals surface area contributed by atoms with Gasteiger partial charge in [0.25, 0.3) is 0 Å². The summed E-state index contributed by atoms with van der Waals surface area (Å²) >= 11 is 6.12. The van der Waals surface area contributed by atoms with Crippen molar-refractivity contribution < 1.29 is 4.74 Å². The summed E-state index contributed by atoms with van der Waals surface area (Å²) in [6.45, 7) is 7.38. The Labute approximate surface area is 108 Å². The molecule has 1 heterocycles. The van der Waals surface area contributed by atoms with Crippen LogP contribution < -0.4 is 15.0 Å². The molecule has 1 atom stereocenters. The van der Waals surface area contributed by atoms with Gasteiger partial charge in [0, 0.05) is 37.4 Å². The Bertz CT molecular complexity index is 409. The molecule has 2 rings (SSSR count). The first-order chi connectivity index (χ1) is 8.13. The van der Waals surface area contributed by atoms with Crippen molar-refractivity contribution in [3.05, 3.63) is 22.7 Å². The molecular weight excluding hydrogens is 236 g/mol. The van der Waals surface area contributed by atoms with E-state index in [9.17, 15) is 0 Å². The Kier molecular flexibility index (Phi) is 3.79. The normalized spacial score (nSPS) is 20.5. The van der Waals surface area contributed by atoms with Crippen molar-refractivity contribution in [2.24, 2.45) is 0 Å². The zero-order valence-corrected chi connectivity index (χ0v) is 11.3. The number of anilines is 1. The van der Waals surface area contributed by atoms with Crippen LogP contribution >= 0.6 is 11.6 Å². The van der Waals surface area contributed by atoms with E-state index in [1.54, 1.807) is 7.11 Å². The SMILES string of the molecule is COc1cc(N2CCNC[C@@H]2C)c(C)cc1Cl. The van der Waals surface area contributed by atoms with Gasteiger partial charge in [-0.2, -0.15) is 0 Å². The highest BCUT2D eigenvalue weighted by atomic mass is 35.5. The zero-order valence-electron chi connectivity index (χ0n) is 10.6. The van der Waals surface area contributed by atoms with Gasteiger partial charge in [-0.05, 0) is 25.5 Å². The molecular formula is C13H19ClN2O. The molecule has 0 unspecified atom stereocenters. The van der Waals surface area contributed by atoms with Crippen LogP contribution in [-0.2, 0) is 0 Å². The molecule has 17 heavy (non-hydrogen) atoms. The highest BCUT2D eigenvalue weighted by Gasteiger charge is 2.20. The first-order valence-corrected chi connectivity index (χ1v) is 6.32. The third kappa shape index (κ3) is 2.50. The van der Waals surface area contributed by atoms with Crippen molar-refractivity contribution >= 4 is 17.3 Å². The molecule has 0 aliphatic carbocycles. The van der Waals surface area contributed by atoms with Crippen LogP contribution in [0.25, 0.3) is 0 Å². The first kappa shape index (κ1) is 12.5. The average molecular weight is 255 g/mol. The molecule has 1 aliphatic heterocycles. The number of hydrogen-bond acceptors (Lipinski definition) is 3. The van der Waals surface area contributed by atoms with Gasteiger partial charge in [0.15, 0.2) is 0 Å². The van der Waals surface area contributed by atoms with Gasteiger partial charge in [0.2, 0.25) is 0 Å². The van der Waals surface area contributed by atoms with Gasteiger partial charge in [-0.1, -0.05) is 11.6 Å². The minimum atomic E-state index is 0.494. The van der Waals surface area contributed by atoms with Crippen molar-refractivity contribution in [1.82, 2.24) is 5.32 Å². The minimum Gasteiger partial charge on any atom is -0.495 e. The standard InChI is InChI=1S/C13H19ClN2O/c1-9-6-11(14)13(17-3)7-12(9)16-5-4-15-8-10(16)2/h6-7,10,15H,4-5,8H2,1-3H3/t10-/m0/s1. The number of halogens is 1. The Balaban J connectivity index is 2.36. The van der Waals surface area contributed by atoms with E-state index >= 15 is 0 Å². The number of hydrogen-bond donors (Lipinski definition) is 1. The van der Waals surface area contributed by atoms with E-state index in [0.717, 1.165) is 25.4 Å². The van der Waals surface area contributed by atoms with E-state index in [-0.39, 0.29) is 0 Å². The molecule has 0 spiro atoms. The molecule has 0 aromatic heterocycles. The summed E-state index contributed by atoms with van der Waals surface area (Å²) in [6.07, 6.45) is 0. The van der Waals surface area contributed by atoms with Gasteiger partial charge >= 0.3 is 0 Å². The summed E-state index contributed by atoms with van der Waals surface area (Å²) < 4.78 is 5.29. The number of nitrogens with zero attached hydrogens (tertiary/aromatic N) is 1. The van der Waals surface area contributed by atoms with Crippen molar-refractivity contribution in [2.75, 3.05) is 31.6 Å². The fraction of sp³-hybridized carbons (Fsp3) is 0.538. The third-order valence-corrected chi connectivity index (χ3v) is 3.58. The largest absolute Gasteiger partial charge is 0.495 e. The lowest BCUT2D eigenvalue weighted by Gasteiger charge is -2.37. The van der Waals surface area contributed by atoms with Crippen LogP contribution in [-0.4, -0.2) is 32.8 Å². The van der Waals surface area contributed by atoms with Gasteiger partial charge in [-0.3, -0.25) is 0 Å². The molecule has 1 aliphatic rings. The van der Waals surface area contributed by atoms with Gasteiger partial charge in [-0.15, -0.1) is 0 Å². The number of ether oxygens (including phenoxy) is 1. The predicted molar refractivity (Wildman–Crippen MR) is 72.4 cm³/mol. The smallest absolute Gasteiger partial charge is 0.139 e. The van der Waals surface area contributed by atoms with E-state index < -0.39 is 0 Å². The predicted octanol–water partition coefficient (Wildman–Crippen LogP) is 2.46. The lowest BCUT2D eigenvalue weighted by Crippen LogP contribution is -2.50. The molecule has 4 heteroatoms. The molecule has 3 nitrogen and oxygen atoms in total. The Hall–Kier alpha value is -0.930. The van der Waals surface area contributed by atoms with E-state index in [2.05, 4.69) is 24.1 Å². The molecule has 0 radical (unpaired) electrons. The molecule has 0 saturated carbocycles. The number of rotatable bonds is 2. The maximum atomic E-state index is 6.12. The zero-order chi connectivity index (χ0) is 12.4. The highest BCUT2D eigenvalue weighted by molar-refractivity contribution is 6.32. The number of aryl methyl sites for hydroxylation is 1. The van der Waals surface area contributed by atoms with Crippen molar-refractivity contribution in [2.45, 2.75) is 19.9 Å². The van der Waals surface area contributed by atoms with Crippen molar-refractivity contribution in [3.63, 3.8) is 0 Å². The average Bonchev–Trinajstić information content (AvgIpc) is 2.31. The van der Waals surface area contributed by atoms with Crippen LogP contribution in [0.3, 0.4) is 0 Å². The van der Waals surface area contributed by atoms with E-state index in [1.807, 2.05) is 12.1 Å². The quantitative estimate of drug-likeness (QED) is 0.878. The van der Waals surface area contributed by atoms with Crippen LogP contribution in [0.4, 0.5) is 5.69 Å². The molecule has 0 amide bonds. The Morgan fingerprint density at radius 1 is 1.47 bits per heavy atom. The van der Waals surface area contributed by atoms with Crippen LogP contribution in [0.1, 0.15) is 12.5 Å². The second-order valence-electron chi connectivity index (χ2n) is 4.52. The Morgan fingerprint density at radius 2 is 2.24 bits per heavy atom. The monoisotopic (exact) mass is 254 g/mol. The summed E-state index contributed by atoms with van der Waals surface area (Å²) in [5.74, 6) is 0.748. The number of benzene rings is 1. The first-order valence-electron chi connectivity index (χ1n) is 5.95. The topological polar surface area (TPSA) is 24.5 Å². The van der Waals surface area contributed by atoms with E-state index in [4.69, 9.17) is 16.3 Å². The summed E-state index contributed by atoms with van der Waals surface area (Å²) in [7, 11) is 1.65. The Morgan fingerprint density at radius 3 is 2.88 bits per heavy atom. The van der Waals surface area contributed by atoms with Crippen molar-refractivity contribution in [1.29, 1.82) is 0 Å². The van der Waals surface area contributed by atoms with Gasteiger partial charge in [0.05, 0.1) is 12.1 Å². The van der Waals surface area contributed by atoms with Crippen LogP contribution in [0, 0.1) is 6.92 Å². The van der Waals surface area contributed by atoms with Crippen molar-refractivity contribution in [3.8, 4) is 5.75 Å². The molecule has 1 saturated heterocycles. The third-order valence-electron chi connectivity index (χ3n) is 3.28. The fourth-order valence-corrected chi connectivity index (χ4v) is 2.60. The second kappa shape index (κ2) is 5.15. The van der Waals surface area contributed by atoms with Crippen LogP contribution in [0.5, 0.6) is 5.75 Å².